The number of fused-ring (bicyclic) bond motifs is 1. The van der Waals surface area contributed by atoms with Crippen LogP contribution in [0.25, 0.3) is 0 Å². The Balaban J connectivity index is 2.22. The summed E-state index contributed by atoms with van der Waals surface area (Å²) in [7, 11) is 1.69. The lowest BCUT2D eigenvalue weighted by Gasteiger charge is -2.18. The maximum absolute atomic E-state index is 8.80. The van der Waals surface area contributed by atoms with Gasteiger partial charge in [-0.15, -0.1) is 0 Å². The van der Waals surface area contributed by atoms with Crippen LogP contribution < -0.4 is 4.74 Å². The van der Waals surface area contributed by atoms with E-state index in [1.807, 2.05) is 11.8 Å². The summed E-state index contributed by atoms with van der Waals surface area (Å²) in [4.78, 5) is 0. The van der Waals surface area contributed by atoms with E-state index in [-0.39, 0.29) is 6.61 Å². The van der Waals surface area contributed by atoms with Gasteiger partial charge in [0.1, 0.15) is 5.75 Å². The highest BCUT2D eigenvalue weighted by Crippen LogP contribution is 2.40. The van der Waals surface area contributed by atoms with E-state index in [4.69, 9.17) is 14.6 Å². The lowest BCUT2D eigenvalue weighted by atomic mass is 10.0. The summed E-state index contributed by atoms with van der Waals surface area (Å²) in [6.07, 6.45) is 2.27. The average Bonchev–Trinajstić information content (AvgIpc) is 2.61. The zero-order valence-corrected chi connectivity index (χ0v) is 13.4. The second kappa shape index (κ2) is 7.53. The molecule has 2 rings (SSSR count). The molecular weight excluding hydrogens is 328 g/mol. The second-order valence-electron chi connectivity index (χ2n) is 4.45. The van der Waals surface area contributed by atoms with Crippen LogP contribution in [0.15, 0.2) is 16.6 Å². The Morgan fingerprint density at radius 1 is 1.47 bits per heavy atom. The molecule has 0 amide bonds. The van der Waals surface area contributed by atoms with Crippen molar-refractivity contribution in [2.75, 3.05) is 32.7 Å². The predicted octanol–water partition coefficient (Wildman–Crippen LogP) is 3.19. The number of hydrogen-bond acceptors (Lipinski definition) is 4. The third-order valence-corrected chi connectivity index (χ3v) is 5.11. The molecule has 0 saturated heterocycles. The number of hydrogen-bond donors (Lipinski definition) is 1. The minimum absolute atomic E-state index is 0.0799. The highest BCUT2D eigenvalue weighted by molar-refractivity contribution is 9.10. The smallest absolute Gasteiger partial charge is 0.133 e. The van der Waals surface area contributed by atoms with Crippen LogP contribution in [0.4, 0.5) is 0 Å². The summed E-state index contributed by atoms with van der Waals surface area (Å²) in [6, 6.07) is 4.28. The van der Waals surface area contributed by atoms with E-state index >= 15 is 0 Å². The topological polar surface area (TPSA) is 38.7 Å². The van der Waals surface area contributed by atoms with Gasteiger partial charge in [0.2, 0.25) is 0 Å². The summed E-state index contributed by atoms with van der Waals surface area (Å²) in [5.74, 6) is 2.03. The largest absolute Gasteiger partial charge is 0.496 e. The SMILES string of the molecule is COc1cc2c(cc1Br)C(COCCO)SCCC2. The zero-order chi connectivity index (χ0) is 13.7. The fourth-order valence-electron chi connectivity index (χ4n) is 2.25. The Hall–Kier alpha value is -0.230. The van der Waals surface area contributed by atoms with Crippen molar-refractivity contribution in [1.82, 2.24) is 0 Å². The maximum Gasteiger partial charge on any atom is 0.133 e. The monoisotopic (exact) mass is 346 g/mol. The number of halogens is 1. The number of aliphatic hydroxyl groups excluding tert-OH is 1. The first-order valence-electron chi connectivity index (χ1n) is 6.42. The summed E-state index contributed by atoms with van der Waals surface area (Å²) >= 11 is 5.49. The summed E-state index contributed by atoms with van der Waals surface area (Å²) < 4.78 is 11.9. The van der Waals surface area contributed by atoms with Crippen molar-refractivity contribution in [3.05, 3.63) is 27.7 Å². The van der Waals surface area contributed by atoms with Gasteiger partial charge in [-0.1, -0.05) is 0 Å². The minimum Gasteiger partial charge on any atom is -0.496 e. The molecule has 0 bridgehead atoms. The number of benzene rings is 1. The maximum atomic E-state index is 8.80. The molecule has 0 saturated carbocycles. The number of thioether (sulfide) groups is 1. The molecule has 106 valence electrons. The van der Waals surface area contributed by atoms with Crippen LogP contribution in [0.1, 0.15) is 22.8 Å². The molecule has 0 radical (unpaired) electrons. The van der Waals surface area contributed by atoms with Crippen molar-refractivity contribution in [2.24, 2.45) is 0 Å². The van der Waals surface area contributed by atoms with Gasteiger partial charge in [0.25, 0.3) is 0 Å². The first kappa shape index (κ1) is 15.2. The lowest BCUT2D eigenvalue weighted by Crippen LogP contribution is -2.09. The molecule has 1 unspecified atom stereocenters. The van der Waals surface area contributed by atoms with E-state index < -0.39 is 0 Å². The lowest BCUT2D eigenvalue weighted by molar-refractivity contribution is 0.0932. The molecule has 3 nitrogen and oxygen atoms in total. The van der Waals surface area contributed by atoms with E-state index in [1.165, 1.54) is 17.5 Å². The van der Waals surface area contributed by atoms with Gasteiger partial charge in [-0.25, -0.2) is 0 Å². The Bertz CT molecular complexity index is 425. The predicted molar refractivity (Wildman–Crippen MR) is 82.1 cm³/mol. The molecule has 0 spiro atoms. The van der Waals surface area contributed by atoms with Gasteiger partial charge in [0.15, 0.2) is 0 Å². The van der Waals surface area contributed by atoms with E-state index in [0.29, 0.717) is 18.5 Å². The average molecular weight is 347 g/mol. The van der Waals surface area contributed by atoms with E-state index in [2.05, 4.69) is 28.1 Å². The van der Waals surface area contributed by atoms with Gasteiger partial charge in [-0.3, -0.25) is 0 Å². The molecule has 1 aliphatic rings. The normalized spacial score (nSPS) is 18.8. The third kappa shape index (κ3) is 3.88. The molecule has 1 aromatic rings. The van der Waals surface area contributed by atoms with Gasteiger partial charge in [0, 0.05) is 0 Å². The number of rotatable bonds is 5. The van der Waals surface area contributed by atoms with Crippen molar-refractivity contribution in [2.45, 2.75) is 18.1 Å². The summed E-state index contributed by atoms with van der Waals surface area (Å²) in [5, 5.41) is 9.14. The van der Waals surface area contributed by atoms with Gasteiger partial charge in [0.05, 0.1) is 36.7 Å². The fourth-order valence-corrected chi connectivity index (χ4v) is 3.96. The number of aryl methyl sites for hydroxylation is 1. The second-order valence-corrected chi connectivity index (χ2v) is 6.61. The van der Waals surface area contributed by atoms with Crippen LogP contribution in [0, 0.1) is 0 Å². The Labute approximate surface area is 126 Å². The third-order valence-electron chi connectivity index (χ3n) is 3.17. The van der Waals surface area contributed by atoms with Crippen LogP contribution in [-0.4, -0.2) is 37.8 Å². The zero-order valence-electron chi connectivity index (χ0n) is 11.0. The van der Waals surface area contributed by atoms with Crippen LogP contribution >= 0.6 is 27.7 Å². The molecule has 1 N–H and O–H groups in total. The standard InChI is InChI=1S/C14H19BrO3S/c1-17-13-7-10-3-2-6-19-14(9-18-5-4-16)11(10)8-12(13)15/h7-8,14,16H,2-6,9H2,1H3. The molecule has 0 fully saturated rings. The Morgan fingerprint density at radius 3 is 3.05 bits per heavy atom. The Kier molecular flexibility index (Phi) is 6.01. The van der Waals surface area contributed by atoms with E-state index in [1.54, 1.807) is 7.11 Å². The van der Waals surface area contributed by atoms with Crippen LogP contribution in [0.3, 0.4) is 0 Å². The van der Waals surface area contributed by atoms with Crippen LogP contribution in [0.5, 0.6) is 5.75 Å². The molecular formula is C14H19BrO3S. The van der Waals surface area contributed by atoms with E-state index in [0.717, 1.165) is 22.4 Å². The highest BCUT2D eigenvalue weighted by atomic mass is 79.9. The number of aliphatic hydroxyl groups is 1. The van der Waals surface area contributed by atoms with Gasteiger partial charge in [-0.05, 0) is 57.8 Å². The van der Waals surface area contributed by atoms with Gasteiger partial charge in [-0.2, -0.15) is 11.8 Å². The van der Waals surface area contributed by atoms with Crippen molar-refractivity contribution in [1.29, 1.82) is 0 Å². The molecule has 1 atom stereocenters. The first-order chi connectivity index (χ1) is 9.26. The highest BCUT2D eigenvalue weighted by Gasteiger charge is 2.21. The summed E-state index contributed by atoms with van der Waals surface area (Å²) in [6.45, 7) is 1.14. The van der Waals surface area contributed by atoms with Gasteiger partial charge >= 0.3 is 0 Å². The van der Waals surface area contributed by atoms with Crippen molar-refractivity contribution < 1.29 is 14.6 Å². The van der Waals surface area contributed by atoms with Gasteiger partial charge < -0.3 is 14.6 Å². The van der Waals surface area contributed by atoms with Crippen molar-refractivity contribution >= 4 is 27.7 Å². The molecule has 0 aliphatic carbocycles. The minimum atomic E-state index is 0.0799. The molecule has 1 aromatic carbocycles. The quantitative estimate of drug-likeness (QED) is 0.831. The summed E-state index contributed by atoms with van der Waals surface area (Å²) in [5.41, 5.74) is 2.68. The molecule has 0 aromatic heterocycles. The molecule has 19 heavy (non-hydrogen) atoms. The van der Waals surface area contributed by atoms with Crippen LogP contribution in [0.2, 0.25) is 0 Å². The van der Waals surface area contributed by atoms with E-state index in [9.17, 15) is 0 Å². The molecule has 1 heterocycles. The van der Waals surface area contributed by atoms with Crippen molar-refractivity contribution in [3.8, 4) is 5.75 Å². The van der Waals surface area contributed by atoms with Crippen LogP contribution in [-0.2, 0) is 11.2 Å². The number of ether oxygens (including phenoxy) is 2. The van der Waals surface area contributed by atoms with Crippen molar-refractivity contribution in [3.63, 3.8) is 0 Å². The molecule has 1 aliphatic heterocycles. The molecule has 5 heteroatoms. The first-order valence-corrected chi connectivity index (χ1v) is 8.27. The number of methoxy groups -OCH3 is 1. The fraction of sp³-hybridized carbons (Fsp3) is 0.571. The Morgan fingerprint density at radius 2 is 2.32 bits per heavy atom.